The van der Waals surface area contributed by atoms with Gasteiger partial charge in [0.2, 0.25) is 0 Å². The Balaban J connectivity index is 2.38. The van der Waals surface area contributed by atoms with E-state index in [2.05, 4.69) is 0 Å². The largest absolute Gasteiger partial charge is 0.394 e. The number of aliphatic hydroxyl groups is 1. The van der Waals surface area contributed by atoms with Crippen LogP contribution in [0.15, 0.2) is 0 Å². The van der Waals surface area contributed by atoms with Crippen molar-refractivity contribution in [2.75, 3.05) is 6.61 Å². The van der Waals surface area contributed by atoms with Crippen LogP contribution in [-0.4, -0.2) is 30.0 Å². The van der Waals surface area contributed by atoms with Crippen molar-refractivity contribution in [2.45, 2.75) is 31.6 Å². The van der Waals surface area contributed by atoms with Crippen LogP contribution in [0.1, 0.15) is 13.3 Å². The molecule has 1 saturated heterocycles. The van der Waals surface area contributed by atoms with Crippen LogP contribution in [0.25, 0.3) is 0 Å². The molecule has 1 fully saturated rings. The number of hydrogen-bond acceptors (Lipinski definition) is 3. The maximum absolute atomic E-state index is 8.65. The van der Waals surface area contributed by atoms with Gasteiger partial charge < -0.3 is 15.6 Å². The zero-order valence-corrected chi connectivity index (χ0v) is 5.58. The molecular formula is C6H13NO2. The monoisotopic (exact) mass is 131 g/mol. The predicted octanol–water partition coefficient (Wildman–Crippen LogP) is -0.517. The van der Waals surface area contributed by atoms with Crippen LogP contribution in [0.5, 0.6) is 0 Å². The van der Waals surface area contributed by atoms with Crippen LogP contribution >= 0.6 is 0 Å². The van der Waals surface area contributed by atoms with Crippen molar-refractivity contribution in [1.82, 2.24) is 0 Å². The molecule has 0 spiro atoms. The van der Waals surface area contributed by atoms with Gasteiger partial charge in [-0.3, -0.25) is 0 Å². The fourth-order valence-corrected chi connectivity index (χ4v) is 1.17. The number of rotatable bonds is 1. The second-order valence-electron chi connectivity index (χ2n) is 2.57. The summed E-state index contributed by atoms with van der Waals surface area (Å²) in [6.07, 6.45) is 0.961. The fraction of sp³-hybridized carbons (Fsp3) is 1.00. The fourth-order valence-electron chi connectivity index (χ4n) is 1.17. The van der Waals surface area contributed by atoms with Gasteiger partial charge in [-0.25, -0.2) is 0 Å². The molecule has 0 bridgehead atoms. The van der Waals surface area contributed by atoms with E-state index in [-0.39, 0.29) is 24.9 Å². The Bertz CT molecular complexity index is 97.1. The van der Waals surface area contributed by atoms with Gasteiger partial charge in [-0.15, -0.1) is 0 Å². The summed E-state index contributed by atoms with van der Waals surface area (Å²) in [4.78, 5) is 0. The Morgan fingerprint density at radius 2 is 2.44 bits per heavy atom. The lowest BCUT2D eigenvalue weighted by atomic mass is 10.1. The van der Waals surface area contributed by atoms with Crippen molar-refractivity contribution in [3.05, 3.63) is 0 Å². The van der Waals surface area contributed by atoms with E-state index in [9.17, 15) is 0 Å². The van der Waals surface area contributed by atoms with E-state index in [1.165, 1.54) is 0 Å². The molecule has 1 aliphatic heterocycles. The van der Waals surface area contributed by atoms with Gasteiger partial charge in [-0.2, -0.15) is 0 Å². The smallest absolute Gasteiger partial charge is 0.0960 e. The summed E-state index contributed by atoms with van der Waals surface area (Å²) >= 11 is 0. The molecule has 0 radical (unpaired) electrons. The minimum absolute atomic E-state index is 0.0324. The second-order valence-corrected chi connectivity index (χ2v) is 2.57. The summed E-state index contributed by atoms with van der Waals surface area (Å²) < 4.78 is 5.25. The van der Waals surface area contributed by atoms with Crippen molar-refractivity contribution in [3.8, 4) is 0 Å². The Hall–Kier alpha value is -0.120. The first-order chi connectivity index (χ1) is 4.24. The molecule has 0 aromatic heterocycles. The molecule has 0 saturated carbocycles. The molecule has 0 aromatic carbocycles. The van der Waals surface area contributed by atoms with Gasteiger partial charge in [0.1, 0.15) is 0 Å². The third-order valence-corrected chi connectivity index (χ3v) is 1.67. The summed E-state index contributed by atoms with van der Waals surface area (Å²) in [5, 5.41) is 8.65. The van der Waals surface area contributed by atoms with Crippen molar-refractivity contribution in [2.24, 2.45) is 5.73 Å². The lowest BCUT2D eigenvalue weighted by Crippen LogP contribution is -2.32. The van der Waals surface area contributed by atoms with E-state index in [0.29, 0.717) is 0 Å². The maximum atomic E-state index is 8.65. The van der Waals surface area contributed by atoms with Crippen LogP contribution in [0.4, 0.5) is 0 Å². The highest BCUT2D eigenvalue weighted by Gasteiger charge is 2.28. The van der Waals surface area contributed by atoms with E-state index in [1.807, 2.05) is 6.92 Å². The minimum Gasteiger partial charge on any atom is -0.394 e. The summed E-state index contributed by atoms with van der Waals surface area (Å²) in [5.74, 6) is 0. The highest BCUT2D eigenvalue weighted by molar-refractivity contribution is 4.82. The van der Waals surface area contributed by atoms with E-state index in [1.54, 1.807) is 0 Å². The molecule has 1 rings (SSSR count). The number of aliphatic hydroxyl groups excluding tert-OH is 1. The minimum atomic E-state index is -0.125. The molecule has 0 amide bonds. The molecule has 0 aliphatic carbocycles. The number of hydrogen-bond donors (Lipinski definition) is 2. The van der Waals surface area contributed by atoms with E-state index < -0.39 is 0 Å². The third-order valence-electron chi connectivity index (χ3n) is 1.67. The number of ether oxygens (including phenoxy) is 1. The van der Waals surface area contributed by atoms with Gasteiger partial charge in [-0.1, -0.05) is 0 Å². The van der Waals surface area contributed by atoms with Crippen LogP contribution in [0.2, 0.25) is 0 Å². The average molecular weight is 131 g/mol. The zero-order valence-electron chi connectivity index (χ0n) is 5.58. The molecule has 1 heterocycles. The summed E-state index contributed by atoms with van der Waals surface area (Å²) in [6, 6.07) is 0.0324. The first kappa shape index (κ1) is 6.99. The third kappa shape index (κ3) is 1.41. The predicted molar refractivity (Wildman–Crippen MR) is 34.0 cm³/mol. The lowest BCUT2D eigenvalue weighted by molar-refractivity contribution is 0.0156. The van der Waals surface area contributed by atoms with E-state index in [0.717, 1.165) is 6.42 Å². The molecule has 3 N–H and O–H groups in total. The van der Waals surface area contributed by atoms with Gasteiger partial charge in [0.05, 0.1) is 18.8 Å². The molecule has 9 heavy (non-hydrogen) atoms. The highest BCUT2D eigenvalue weighted by Crippen LogP contribution is 2.17. The van der Waals surface area contributed by atoms with Crippen molar-refractivity contribution >= 4 is 0 Å². The van der Waals surface area contributed by atoms with Crippen molar-refractivity contribution < 1.29 is 9.84 Å². The van der Waals surface area contributed by atoms with Gasteiger partial charge in [0.15, 0.2) is 0 Å². The topological polar surface area (TPSA) is 55.5 Å². The quantitative estimate of drug-likeness (QED) is 0.503. The van der Waals surface area contributed by atoms with Crippen LogP contribution in [0.3, 0.4) is 0 Å². The van der Waals surface area contributed by atoms with Gasteiger partial charge >= 0.3 is 0 Å². The second kappa shape index (κ2) is 2.64. The van der Waals surface area contributed by atoms with Crippen molar-refractivity contribution in [3.63, 3.8) is 0 Å². The van der Waals surface area contributed by atoms with E-state index >= 15 is 0 Å². The average Bonchev–Trinajstić information content (AvgIpc) is 2.10. The Kier molecular flexibility index (Phi) is 2.05. The number of nitrogens with two attached hydrogens (primary N) is 1. The molecule has 1 aliphatic rings. The molecule has 0 aromatic rings. The Morgan fingerprint density at radius 3 is 2.67 bits per heavy atom. The van der Waals surface area contributed by atoms with Gasteiger partial charge in [-0.05, 0) is 13.3 Å². The van der Waals surface area contributed by atoms with Crippen LogP contribution in [0, 0.1) is 0 Å². The standard InChI is InChI=1S/C6H13NO2/c1-4-2-5(7)6(3-8)9-4/h4-6,8H,2-3,7H2,1H3/t4?,5-,6-/m1/s1. The molecule has 3 nitrogen and oxygen atoms in total. The molecule has 1 unspecified atom stereocenters. The van der Waals surface area contributed by atoms with Crippen LogP contribution in [-0.2, 0) is 4.74 Å². The van der Waals surface area contributed by atoms with Gasteiger partial charge in [0.25, 0.3) is 0 Å². The van der Waals surface area contributed by atoms with Crippen LogP contribution < -0.4 is 5.73 Å². The molecule has 3 atom stereocenters. The SMILES string of the molecule is CC1C[C@@H](N)[C@@H](CO)O1. The molecular weight excluding hydrogens is 118 g/mol. The Labute approximate surface area is 54.8 Å². The van der Waals surface area contributed by atoms with Crippen molar-refractivity contribution in [1.29, 1.82) is 0 Å². The molecule has 54 valence electrons. The normalized spacial score (nSPS) is 43.7. The Morgan fingerprint density at radius 1 is 1.78 bits per heavy atom. The van der Waals surface area contributed by atoms with E-state index in [4.69, 9.17) is 15.6 Å². The zero-order chi connectivity index (χ0) is 6.85. The summed E-state index contributed by atoms with van der Waals surface area (Å²) in [7, 11) is 0. The van der Waals surface area contributed by atoms with Gasteiger partial charge in [0, 0.05) is 6.04 Å². The maximum Gasteiger partial charge on any atom is 0.0960 e. The summed E-state index contributed by atoms with van der Waals surface area (Å²) in [6.45, 7) is 2.01. The first-order valence-corrected chi connectivity index (χ1v) is 3.26. The first-order valence-electron chi connectivity index (χ1n) is 3.26. The summed E-state index contributed by atoms with van der Waals surface area (Å²) in [5.41, 5.74) is 5.59. The molecule has 3 heteroatoms. The highest BCUT2D eigenvalue weighted by atomic mass is 16.5. The lowest BCUT2D eigenvalue weighted by Gasteiger charge is -2.09.